The van der Waals surface area contributed by atoms with Crippen molar-refractivity contribution >= 4 is 21.9 Å². The number of nitrogens with zero attached hydrogens (tertiary/aromatic N) is 2. The van der Waals surface area contributed by atoms with Gasteiger partial charge >= 0.3 is 5.97 Å². The first kappa shape index (κ1) is 19.6. The summed E-state index contributed by atoms with van der Waals surface area (Å²) in [7, 11) is -3.29. The average Bonchev–Trinajstić information content (AvgIpc) is 2.95. The van der Waals surface area contributed by atoms with Crippen molar-refractivity contribution in [3.8, 4) is 5.75 Å². The number of para-hydroxylation sites is 1. The second-order valence-corrected chi connectivity index (χ2v) is 9.10. The fourth-order valence-corrected chi connectivity index (χ4v) is 4.69. The highest BCUT2D eigenvalue weighted by Gasteiger charge is 2.41. The van der Waals surface area contributed by atoms with Crippen LogP contribution in [0.1, 0.15) is 31.2 Å². The van der Waals surface area contributed by atoms with Crippen LogP contribution in [-0.2, 0) is 19.6 Å². The number of carbonyl (C=O) groups excluding carboxylic acids is 1. The maximum atomic E-state index is 13.1. The summed E-state index contributed by atoms with van der Waals surface area (Å²) in [6.07, 6.45) is 1.19. The fourth-order valence-electron chi connectivity index (χ4n) is 3.81. The van der Waals surface area contributed by atoms with Crippen LogP contribution in [0.4, 0.5) is 0 Å². The van der Waals surface area contributed by atoms with Gasteiger partial charge in [0.05, 0.1) is 6.26 Å². The first-order valence-electron chi connectivity index (χ1n) is 8.91. The van der Waals surface area contributed by atoms with Crippen molar-refractivity contribution in [2.45, 2.75) is 37.8 Å². The quantitative estimate of drug-likeness (QED) is 0.793. The number of ether oxygens (including phenoxy) is 1. The molecule has 0 radical (unpaired) electrons. The maximum absolute atomic E-state index is 13.1. The van der Waals surface area contributed by atoms with Crippen LogP contribution in [0.25, 0.3) is 0 Å². The Morgan fingerprint density at radius 2 is 1.89 bits per heavy atom. The van der Waals surface area contributed by atoms with E-state index in [2.05, 4.69) is 0 Å². The van der Waals surface area contributed by atoms with Crippen LogP contribution >= 0.6 is 0 Å². The van der Waals surface area contributed by atoms with E-state index in [4.69, 9.17) is 4.74 Å². The second-order valence-electron chi connectivity index (χ2n) is 7.12. The summed E-state index contributed by atoms with van der Waals surface area (Å²) in [5, 5.41) is 9.29. The summed E-state index contributed by atoms with van der Waals surface area (Å²) in [5.74, 6) is -0.998. The fraction of sp³-hybridized carbons (Fsp3) is 0.556. The van der Waals surface area contributed by atoms with Crippen LogP contribution in [0.3, 0.4) is 0 Å². The number of sulfonamides is 1. The molecule has 0 spiro atoms. The van der Waals surface area contributed by atoms with Crippen molar-refractivity contribution in [2.24, 2.45) is 0 Å². The second kappa shape index (κ2) is 7.47. The minimum atomic E-state index is -3.29. The number of rotatable bonds is 5. The summed E-state index contributed by atoms with van der Waals surface area (Å²) in [5.41, 5.74) is 0.929. The molecular formula is C18H24N2O6S. The van der Waals surface area contributed by atoms with Gasteiger partial charge < -0.3 is 14.7 Å². The standard InChI is InChI=1S/C18H24N2O6S/c1-12-14-5-3-4-6-15(14)26-17(12)18(23)20(11-16(21)22)13-7-9-19(10-8-13)27(2,24)25/h3-6,12-13,17H,7-11H2,1-2H3,(H,21,22)/t12-,17-/m1/s1. The van der Waals surface area contributed by atoms with E-state index >= 15 is 0 Å². The topological polar surface area (TPSA) is 104 Å². The summed E-state index contributed by atoms with van der Waals surface area (Å²) in [6, 6.07) is 7.08. The minimum absolute atomic E-state index is 0.180. The van der Waals surface area contributed by atoms with E-state index in [0.29, 0.717) is 18.6 Å². The molecule has 8 nitrogen and oxygen atoms in total. The Hall–Kier alpha value is -2.13. The van der Waals surface area contributed by atoms with Gasteiger partial charge in [-0.05, 0) is 18.9 Å². The molecule has 0 saturated carbocycles. The summed E-state index contributed by atoms with van der Waals surface area (Å²) in [4.78, 5) is 25.8. The number of hydrogen-bond acceptors (Lipinski definition) is 5. The number of amides is 1. The largest absolute Gasteiger partial charge is 0.480 e. The van der Waals surface area contributed by atoms with Crippen LogP contribution in [0, 0.1) is 0 Å². The molecule has 2 aliphatic rings. The van der Waals surface area contributed by atoms with E-state index in [-0.39, 0.29) is 31.0 Å². The monoisotopic (exact) mass is 396 g/mol. The van der Waals surface area contributed by atoms with E-state index < -0.39 is 28.6 Å². The lowest BCUT2D eigenvalue weighted by molar-refractivity contribution is -0.150. The van der Waals surface area contributed by atoms with Crippen LogP contribution in [0.5, 0.6) is 5.75 Å². The molecule has 27 heavy (non-hydrogen) atoms. The number of carboxylic acids is 1. The molecule has 1 fully saturated rings. The van der Waals surface area contributed by atoms with Crippen LogP contribution in [-0.4, -0.2) is 72.6 Å². The van der Waals surface area contributed by atoms with Gasteiger partial charge in [0, 0.05) is 30.6 Å². The number of hydrogen-bond donors (Lipinski definition) is 1. The predicted molar refractivity (Wildman–Crippen MR) is 98.1 cm³/mol. The number of carboxylic acid groups (broad SMARTS) is 1. The molecule has 1 aromatic rings. The van der Waals surface area contributed by atoms with Gasteiger partial charge in [0.15, 0.2) is 6.10 Å². The molecule has 1 aromatic carbocycles. The Kier molecular flexibility index (Phi) is 5.43. The highest BCUT2D eigenvalue weighted by Crippen LogP contribution is 2.38. The number of carbonyl (C=O) groups is 2. The molecule has 0 bridgehead atoms. The number of fused-ring (bicyclic) bond motifs is 1. The molecule has 0 aliphatic carbocycles. The van der Waals surface area contributed by atoms with Gasteiger partial charge in [0.2, 0.25) is 10.0 Å². The molecule has 1 N–H and O–H groups in total. The molecule has 0 unspecified atom stereocenters. The zero-order valence-corrected chi connectivity index (χ0v) is 16.2. The predicted octanol–water partition coefficient (Wildman–Crippen LogP) is 0.888. The van der Waals surface area contributed by atoms with Gasteiger partial charge in [-0.2, -0.15) is 0 Å². The van der Waals surface area contributed by atoms with Gasteiger partial charge in [-0.3, -0.25) is 9.59 Å². The van der Waals surface area contributed by atoms with Crippen molar-refractivity contribution in [1.82, 2.24) is 9.21 Å². The molecule has 9 heteroatoms. The van der Waals surface area contributed by atoms with Crippen molar-refractivity contribution in [1.29, 1.82) is 0 Å². The van der Waals surface area contributed by atoms with Gasteiger partial charge in [-0.25, -0.2) is 12.7 Å². The lowest BCUT2D eigenvalue weighted by Crippen LogP contribution is -2.53. The first-order valence-corrected chi connectivity index (χ1v) is 10.8. The number of aliphatic carboxylic acids is 1. The molecule has 2 atom stereocenters. The summed E-state index contributed by atoms with van der Waals surface area (Å²) >= 11 is 0. The Morgan fingerprint density at radius 3 is 2.44 bits per heavy atom. The van der Waals surface area contributed by atoms with E-state index in [0.717, 1.165) is 11.8 Å². The summed E-state index contributed by atoms with van der Waals surface area (Å²) < 4.78 is 30.5. The van der Waals surface area contributed by atoms with E-state index in [1.54, 1.807) is 6.07 Å². The third-order valence-electron chi connectivity index (χ3n) is 5.28. The molecule has 1 amide bonds. The number of benzene rings is 1. The van der Waals surface area contributed by atoms with Gasteiger partial charge in [0.25, 0.3) is 5.91 Å². The molecule has 2 heterocycles. The average molecular weight is 396 g/mol. The third-order valence-corrected chi connectivity index (χ3v) is 6.59. The van der Waals surface area contributed by atoms with Crippen LogP contribution in [0.2, 0.25) is 0 Å². The normalized spacial score (nSPS) is 23.5. The van der Waals surface area contributed by atoms with Crippen molar-refractivity contribution < 1.29 is 27.9 Å². The lowest BCUT2D eigenvalue weighted by atomic mass is 9.95. The summed E-state index contributed by atoms with van der Waals surface area (Å²) in [6.45, 7) is 2.01. The highest BCUT2D eigenvalue weighted by molar-refractivity contribution is 7.88. The van der Waals surface area contributed by atoms with Gasteiger partial charge in [0.1, 0.15) is 12.3 Å². The zero-order chi connectivity index (χ0) is 19.8. The van der Waals surface area contributed by atoms with E-state index in [9.17, 15) is 23.1 Å². The molecule has 0 aromatic heterocycles. The van der Waals surface area contributed by atoms with Crippen LogP contribution < -0.4 is 4.74 Å². The van der Waals surface area contributed by atoms with E-state index in [1.165, 1.54) is 9.21 Å². The van der Waals surface area contributed by atoms with Crippen molar-refractivity contribution in [3.63, 3.8) is 0 Å². The Balaban J connectivity index is 1.76. The third kappa shape index (κ3) is 4.08. The minimum Gasteiger partial charge on any atom is -0.480 e. The molecular weight excluding hydrogens is 372 g/mol. The molecule has 148 valence electrons. The Bertz CT molecular complexity index is 832. The maximum Gasteiger partial charge on any atom is 0.323 e. The Labute approximate surface area is 158 Å². The first-order chi connectivity index (χ1) is 12.7. The number of piperidine rings is 1. The van der Waals surface area contributed by atoms with Crippen LogP contribution in [0.15, 0.2) is 24.3 Å². The molecule has 2 aliphatic heterocycles. The lowest BCUT2D eigenvalue weighted by Gasteiger charge is -2.38. The highest BCUT2D eigenvalue weighted by atomic mass is 32.2. The van der Waals surface area contributed by atoms with Crippen molar-refractivity contribution in [3.05, 3.63) is 29.8 Å². The zero-order valence-electron chi connectivity index (χ0n) is 15.4. The smallest absolute Gasteiger partial charge is 0.323 e. The SMILES string of the molecule is C[C@@H]1c2ccccc2O[C@H]1C(=O)N(CC(=O)O)C1CCN(S(C)(=O)=O)CC1. The molecule has 1 saturated heterocycles. The van der Waals surface area contributed by atoms with E-state index in [1.807, 2.05) is 25.1 Å². The van der Waals surface area contributed by atoms with Crippen molar-refractivity contribution in [2.75, 3.05) is 25.9 Å². The molecule has 3 rings (SSSR count). The van der Waals surface area contributed by atoms with Gasteiger partial charge in [-0.15, -0.1) is 0 Å². The van der Waals surface area contributed by atoms with Gasteiger partial charge in [-0.1, -0.05) is 25.1 Å². The Morgan fingerprint density at radius 1 is 1.26 bits per heavy atom.